The van der Waals surface area contributed by atoms with Crippen LogP contribution in [0.2, 0.25) is 0 Å². The molecule has 2 aliphatic carbocycles. The molecule has 1 aromatic carbocycles. The second kappa shape index (κ2) is 9.60. The van der Waals surface area contributed by atoms with Crippen molar-refractivity contribution < 1.29 is 19.4 Å². The van der Waals surface area contributed by atoms with Crippen LogP contribution in [0.1, 0.15) is 58.9 Å². The number of para-hydroxylation sites is 1. The van der Waals surface area contributed by atoms with Gasteiger partial charge >= 0.3 is 0 Å². The van der Waals surface area contributed by atoms with Crippen molar-refractivity contribution in [1.29, 1.82) is 0 Å². The number of aliphatic hydroxyl groups is 1. The molecule has 2 saturated carbocycles. The van der Waals surface area contributed by atoms with Gasteiger partial charge in [0.05, 0.1) is 13.2 Å². The summed E-state index contributed by atoms with van der Waals surface area (Å²) in [6.45, 7) is 8.28. The lowest BCUT2D eigenvalue weighted by Crippen LogP contribution is -2.58. The molecule has 6 heteroatoms. The minimum Gasteiger partial charge on any atom is -0.496 e. The van der Waals surface area contributed by atoms with Crippen LogP contribution >= 0.6 is 0 Å². The summed E-state index contributed by atoms with van der Waals surface area (Å²) in [5, 5.41) is 17.5. The summed E-state index contributed by atoms with van der Waals surface area (Å²) in [5.41, 5.74) is 0.985. The van der Waals surface area contributed by atoms with Gasteiger partial charge in [0.25, 0.3) is 0 Å². The van der Waals surface area contributed by atoms with Crippen LogP contribution in [0.25, 0.3) is 0 Å². The van der Waals surface area contributed by atoms with Gasteiger partial charge in [0.2, 0.25) is 11.8 Å². The van der Waals surface area contributed by atoms with Gasteiger partial charge in [-0.05, 0) is 54.9 Å². The zero-order valence-corrected chi connectivity index (χ0v) is 19.5. The molecule has 0 unspecified atom stereocenters. The van der Waals surface area contributed by atoms with Gasteiger partial charge in [-0.1, -0.05) is 39.0 Å². The second-order valence-electron chi connectivity index (χ2n) is 9.90. The summed E-state index contributed by atoms with van der Waals surface area (Å²) in [5.74, 6) is 0.554. The molecular weight excluding hydrogens is 392 g/mol. The number of benzene rings is 1. The van der Waals surface area contributed by atoms with Crippen LogP contribution in [0.3, 0.4) is 0 Å². The second-order valence-corrected chi connectivity index (χ2v) is 9.90. The van der Waals surface area contributed by atoms with Crippen LogP contribution in [0.4, 0.5) is 0 Å². The summed E-state index contributed by atoms with van der Waals surface area (Å²) < 4.78 is 5.37. The monoisotopic (exact) mass is 430 g/mol. The molecule has 1 aromatic rings. The van der Waals surface area contributed by atoms with Crippen LogP contribution in [0.5, 0.6) is 5.75 Å². The smallest absolute Gasteiger partial charge is 0.223 e. The van der Waals surface area contributed by atoms with E-state index in [1.807, 2.05) is 31.2 Å². The SMILES string of the molecule is COc1ccccc1CNC(=O)[C@@H](C)[C@@H]1CC[C@@]2(C)CC[C@H](NC(C)=O)[C@@H](C)[C@@H]2[C@H]1O. The highest BCUT2D eigenvalue weighted by Gasteiger charge is 2.53. The molecule has 6 nitrogen and oxygen atoms in total. The molecule has 3 rings (SSSR count). The average molecular weight is 431 g/mol. The van der Waals surface area contributed by atoms with E-state index in [0.29, 0.717) is 6.54 Å². The maximum Gasteiger partial charge on any atom is 0.223 e. The zero-order valence-electron chi connectivity index (χ0n) is 19.5. The van der Waals surface area contributed by atoms with E-state index < -0.39 is 6.10 Å². The number of hydrogen-bond donors (Lipinski definition) is 3. The third-order valence-electron chi connectivity index (χ3n) is 7.98. The normalized spacial score (nSPS) is 33.7. The van der Waals surface area contributed by atoms with E-state index in [2.05, 4.69) is 24.5 Å². The summed E-state index contributed by atoms with van der Waals surface area (Å²) in [7, 11) is 1.62. The number of ether oxygens (including phenoxy) is 1. The Morgan fingerprint density at radius 2 is 1.94 bits per heavy atom. The fourth-order valence-electron chi connectivity index (χ4n) is 6.15. The van der Waals surface area contributed by atoms with Crippen molar-refractivity contribution in [3.8, 4) is 5.75 Å². The fourth-order valence-corrected chi connectivity index (χ4v) is 6.15. The third kappa shape index (κ3) is 4.89. The lowest BCUT2D eigenvalue weighted by atomic mass is 9.51. The van der Waals surface area contributed by atoms with Crippen molar-refractivity contribution >= 4 is 11.8 Å². The van der Waals surface area contributed by atoms with Crippen molar-refractivity contribution in [1.82, 2.24) is 10.6 Å². The number of amides is 2. The largest absolute Gasteiger partial charge is 0.496 e. The summed E-state index contributed by atoms with van der Waals surface area (Å²) >= 11 is 0. The molecule has 2 aliphatic rings. The topological polar surface area (TPSA) is 87.7 Å². The maximum atomic E-state index is 13.0. The van der Waals surface area contributed by atoms with Crippen molar-refractivity contribution in [3.63, 3.8) is 0 Å². The Bertz CT molecular complexity index is 797. The Morgan fingerprint density at radius 1 is 1.26 bits per heavy atom. The number of methoxy groups -OCH3 is 1. The minimum atomic E-state index is -0.558. The van der Waals surface area contributed by atoms with Crippen LogP contribution in [-0.2, 0) is 16.1 Å². The predicted molar refractivity (Wildman–Crippen MR) is 120 cm³/mol. The van der Waals surface area contributed by atoms with E-state index in [1.54, 1.807) is 14.0 Å². The Morgan fingerprint density at radius 3 is 2.61 bits per heavy atom. The molecule has 0 heterocycles. The predicted octanol–water partition coefficient (Wildman–Crippen LogP) is 3.28. The molecule has 0 aromatic heterocycles. The van der Waals surface area contributed by atoms with Crippen LogP contribution < -0.4 is 15.4 Å². The van der Waals surface area contributed by atoms with E-state index in [4.69, 9.17) is 4.74 Å². The van der Waals surface area contributed by atoms with Crippen molar-refractivity contribution in [2.24, 2.45) is 29.1 Å². The first-order chi connectivity index (χ1) is 14.7. The number of rotatable bonds is 6. The standard InChI is InChI=1S/C25H38N2O4/c1-15(24(30)26-14-18-8-6-7-9-21(18)31-5)19-10-12-25(4)13-11-20(27-17(3)28)16(2)22(25)23(19)29/h6-9,15-16,19-20,22-23,29H,10-14H2,1-5H3,(H,26,30)(H,27,28)/t15-,16+,19-,20-,22+,23-,25-/m0/s1. The van der Waals surface area contributed by atoms with Gasteiger partial charge in [-0.2, -0.15) is 0 Å². The highest BCUT2D eigenvalue weighted by atomic mass is 16.5. The quantitative estimate of drug-likeness (QED) is 0.646. The molecule has 0 saturated heterocycles. The molecular formula is C25H38N2O4. The van der Waals surface area contributed by atoms with Gasteiger partial charge in [-0.15, -0.1) is 0 Å². The Labute approximate surface area is 186 Å². The first-order valence-corrected chi connectivity index (χ1v) is 11.5. The summed E-state index contributed by atoms with van der Waals surface area (Å²) in [6.07, 6.45) is 3.22. The molecule has 0 radical (unpaired) electrons. The van der Waals surface area contributed by atoms with E-state index >= 15 is 0 Å². The Balaban J connectivity index is 1.68. The number of nitrogens with one attached hydrogen (secondary N) is 2. The molecule has 0 aliphatic heterocycles. The molecule has 3 N–H and O–H groups in total. The number of carbonyl (C=O) groups excluding carboxylic acids is 2. The van der Waals surface area contributed by atoms with Crippen molar-refractivity contribution in [3.05, 3.63) is 29.8 Å². The Hall–Kier alpha value is -2.08. The molecule has 0 bridgehead atoms. The van der Waals surface area contributed by atoms with Crippen LogP contribution in [0, 0.1) is 29.1 Å². The van der Waals surface area contributed by atoms with Gasteiger partial charge in [0, 0.05) is 31.0 Å². The van der Waals surface area contributed by atoms with Gasteiger partial charge in [-0.3, -0.25) is 9.59 Å². The Kier molecular flexibility index (Phi) is 7.30. The van der Waals surface area contributed by atoms with E-state index in [9.17, 15) is 14.7 Å². The molecule has 2 fully saturated rings. The number of carbonyl (C=O) groups is 2. The van der Waals surface area contributed by atoms with Gasteiger partial charge in [0.15, 0.2) is 0 Å². The lowest BCUT2D eigenvalue weighted by molar-refractivity contribution is -0.143. The van der Waals surface area contributed by atoms with E-state index in [1.165, 1.54) is 0 Å². The number of fused-ring (bicyclic) bond motifs is 1. The molecule has 0 spiro atoms. The summed E-state index contributed by atoms with van der Waals surface area (Å²) in [4.78, 5) is 24.6. The van der Waals surface area contributed by atoms with Crippen LogP contribution in [0.15, 0.2) is 24.3 Å². The molecule has 31 heavy (non-hydrogen) atoms. The van der Waals surface area contributed by atoms with Gasteiger partial charge in [0.1, 0.15) is 5.75 Å². The zero-order chi connectivity index (χ0) is 22.8. The molecule has 172 valence electrons. The minimum absolute atomic E-state index is 0.0219. The summed E-state index contributed by atoms with van der Waals surface area (Å²) in [6, 6.07) is 7.73. The van der Waals surface area contributed by atoms with Crippen molar-refractivity contribution in [2.45, 2.75) is 72.1 Å². The first kappa shape index (κ1) is 23.6. The highest BCUT2D eigenvalue weighted by molar-refractivity contribution is 5.78. The lowest BCUT2D eigenvalue weighted by Gasteiger charge is -2.56. The maximum absolute atomic E-state index is 13.0. The van der Waals surface area contributed by atoms with Gasteiger partial charge < -0.3 is 20.5 Å². The highest BCUT2D eigenvalue weighted by Crippen LogP contribution is 2.55. The first-order valence-electron chi connectivity index (χ1n) is 11.5. The average Bonchev–Trinajstić information content (AvgIpc) is 2.73. The molecule has 7 atom stereocenters. The molecule has 2 amide bonds. The van der Waals surface area contributed by atoms with E-state index in [-0.39, 0.29) is 46.9 Å². The third-order valence-corrected chi connectivity index (χ3v) is 7.98. The number of hydrogen-bond acceptors (Lipinski definition) is 4. The van der Waals surface area contributed by atoms with Crippen LogP contribution in [-0.4, -0.2) is 36.2 Å². The fraction of sp³-hybridized carbons (Fsp3) is 0.680. The number of aliphatic hydroxyl groups excluding tert-OH is 1. The van der Waals surface area contributed by atoms with Gasteiger partial charge in [-0.25, -0.2) is 0 Å². The van der Waals surface area contributed by atoms with Crippen molar-refractivity contribution in [2.75, 3.05) is 7.11 Å². The van der Waals surface area contributed by atoms with E-state index in [0.717, 1.165) is 37.0 Å².